The predicted molar refractivity (Wildman–Crippen MR) is 55.7 cm³/mol. The number of ether oxygens (including phenoxy) is 1. The SMILES string of the molecule is COC(C/C=C/CO)CCC(C)C. The van der Waals surface area contributed by atoms with Gasteiger partial charge in [-0.3, -0.25) is 0 Å². The van der Waals surface area contributed by atoms with Crippen molar-refractivity contribution >= 4 is 0 Å². The highest BCUT2D eigenvalue weighted by molar-refractivity contribution is 4.83. The maximum absolute atomic E-state index is 8.54. The molecular weight excluding hydrogens is 164 g/mol. The molecule has 1 atom stereocenters. The standard InChI is InChI=1S/C11H22O2/c1-10(2)7-8-11(13-3)6-4-5-9-12/h4-5,10-12H,6-9H2,1-3H3/b5-4+. The summed E-state index contributed by atoms with van der Waals surface area (Å²) in [5, 5.41) is 8.54. The number of rotatable bonds is 7. The molecule has 0 bridgehead atoms. The van der Waals surface area contributed by atoms with Gasteiger partial charge in [-0.05, 0) is 25.2 Å². The van der Waals surface area contributed by atoms with E-state index in [0.717, 1.165) is 18.8 Å². The van der Waals surface area contributed by atoms with Gasteiger partial charge in [-0.2, -0.15) is 0 Å². The second-order valence-corrected chi connectivity index (χ2v) is 3.72. The van der Waals surface area contributed by atoms with E-state index in [9.17, 15) is 0 Å². The average Bonchev–Trinajstić information content (AvgIpc) is 2.10. The van der Waals surface area contributed by atoms with Crippen molar-refractivity contribution in [1.82, 2.24) is 0 Å². The van der Waals surface area contributed by atoms with Crippen molar-refractivity contribution in [2.24, 2.45) is 5.92 Å². The molecule has 0 aliphatic rings. The second-order valence-electron chi connectivity index (χ2n) is 3.72. The highest BCUT2D eigenvalue weighted by Gasteiger charge is 2.05. The van der Waals surface area contributed by atoms with E-state index in [1.807, 2.05) is 6.08 Å². The molecule has 0 aliphatic carbocycles. The van der Waals surface area contributed by atoms with Crippen molar-refractivity contribution < 1.29 is 9.84 Å². The molecule has 1 N–H and O–H groups in total. The van der Waals surface area contributed by atoms with Gasteiger partial charge in [0.2, 0.25) is 0 Å². The Kier molecular flexibility index (Phi) is 8.05. The van der Waals surface area contributed by atoms with Gasteiger partial charge in [0.1, 0.15) is 0 Å². The lowest BCUT2D eigenvalue weighted by Crippen LogP contribution is -2.10. The molecule has 0 fully saturated rings. The van der Waals surface area contributed by atoms with Gasteiger partial charge in [-0.15, -0.1) is 0 Å². The Hall–Kier alpha value is -0.340. The molecule has 0 saturated carbocycles. The van der Waals surface area contributed by atoms with Crippen molar-refractivity contribution in [3.63, 3.8) is 0 Å². The minimum atomic E-state index is 0.126. The summed E-state index contributed by atoms with van der Waals surface area (Å²) in [7, 11) is 1.75. The second kappa shape index (κ2) is 8.27. The van der Waals surface area contributed by atoms with E-state index >= 15 is 0 Å². The van der Waals surface area contributed by atoms with Gasteiger partial charge < -0.3 is 9.84 Å². The normalized spacial score (nSPS) is 14.2. The highest BCUT2D eigenvalue weighted by atomic mass is 16.5. The lowest BCUT2D eigenvalue weighted by Gasteiger charge is -2.14. The fourth-order valence-corrected chi connectivity index (χ4v) is 1.17. The first-order valence-corrected chi connectivity index (χ1v) is 4.99. The fraction of sp³-hybridized carbons (Fsp3) is 0.818. The largest absolute Gasteiger partial charge is 0.392 e. The smallest absolute Gasteiger partial charge is 0.0612 e. The molecule has 0 heterocycles. The van der Waals surface area contributed by atoms with Crippen LogP contribution in [0.15, 0.2) is 12.2 Å². The zero-order valence-corrected chi connectivity index (χ0v) is 8.99. The van der Waals surface area contributed by atoms with Crippen LogP contribution in [0.5, 0.6) is 0 Å². The number of hydrogen-bond acceptors (Lipinski definition) is 2. The van der Waals surface area contributed by atoms with Crippen LogP contribution in [0.3, 0.4) is 0 Å². The Morgan fingerprint density at radius 3 is 2.38 bits per heavy atom. The summed E-state index contributed by atoms with van der Waals surface area (Å²) >= 11 is 0. The summed E-state index contributed by atoms with van der Waals surface area (Å²) in [5.41, 5.74) is 0. The van der Waals surface area contributed by atoms with Gasteiger partial charge in [0.05, 0.1) is 12.7 Å². The predicted octanol–water partition coefficient (Wildman–Crippen LogP) is 2.38. The first-order chi connectivity index (χ1) is 6.20. The third-order valence-electron chi connectivity index (χ3n) is 2.07. The third kappa shape index (κ3) is 8.00. The summed E-state index contributed by atoms with van der Waals surface area (Å²) < 4.78 is 5.31. The number of hydrogen-bond donors (Lipinski definition) is 1. The molecule has 2 nitrogen and oxygen atoms in total. The summed E-state index contributed by atoms with van der Waals surface area (Å²) in [6.07, 6.45) is 7.26. The minimum absolute atomic E-state index is 0.126. The summed E-state index contributed by atoms with van der Waals surface area (Å²) in [6.45, 7) is 4.56. The first kappa shape index (κ1) is 12.7. The van der Waals surface area contributed by atoms with Crippen molar-refractivity contribution in [3.8, 4) is 0 Å². The maximum atomic E-state index is 8.54. The highest BCUT2D eigenvalue weighted by Crippen LogP contribution is 2.11. The van der Waals surface area contributed by atoms with Gasteiger partial charge >= 0.3 is 0 Å². The zero-order valence-electron chi connectivity index (χ0n) is 8.99. The van der Waals surface area contributed by atoms with Crippen LogP contribution in [0.2, 0.25) is 0 Å². The van der Waals surface area contributed by atoms with Crippen LogP contribution in [0, 0.1) is 5.92 Å². The van der Waals surface area contributed by atoms with Crippen molar-refractivity contribution in [2.75, 3.05) is 13.7 Å². The van der Waals surface area contributed by atoms with Crippen LogP contribution in [0.1, 0.15) is 33.1 Å². The summed E-state index contributed by atoms with van der Waals surface area (Å²) in [4.78, 5) is 0. The minimum Gasteiger partial charge on any atom is -0.392 e. The third-order valence-corrected chi connectivity index (χ3v) is 2.07. The molecule has 0 aromatic heterocycles. The van der Waals surface area contributed by atoms with Crippen LogP contribution in [0.25, 0.3) is 0 Å². The number of methoxy groups -OCH3 is 1. The average molecular weight is 186 g/mol. The summed E-state index contributed by atoms with van der Waals surface area (Å²) in [5.74, 6) is 0.736. The quantitative estimate of drug-likeness (QED) is 0.618. The van der Waals surface area contributed by atoms with Gasteiger partial charge in [0.25, 0.3) is 0 Å². The lowest BCUT2D eigenvalue weighted by molar-refractivity contribution is 0.0926. The van der Waals surface area contributed by atoms with E-state index in [1.54, 1.807) is 13.2 Å². The van der Waals surface area contributed by atoms with Crippen molar-refractivity contribution in [3.05, 3.63) is 12.2 Å². The fourth-order valence-electron chi connectivity index (χ4n) is 1.17. The Labute approximate surface area is 81.6 Å². The Morgan fingerprint density at radius 2 is 1.92 bits per heavy atom. The van der Waals surface area contributed by atoms with E-state index in [0.29, 0.717) is 6.10 Å². The van der Waals surface area contributed by atoms with Gasteiger partial charge in [-0.25, -0.2) is 0 Å². The van der Waals surface area contributed by atoms with Crippen LogP contribution < -0.4 is 0 Å². The topological polar surface area (TPSA) is 29.5 Å². The first-order valence-electron chi connectivity index (χ1n) is 4.99. The Bertz CT molecular complexity index is 130. The van der Waals surface area contributed by atoms with Crippen LogP contribution >= 0.6 is 0 Å². The van der Waals surface area contributed by atoms with Crippen LogP contribution in [-0.4, -0.2) is 24.9 Å². The van der Waals surface area contributed by atoms with E-state index in [1.165, 1.54) is 6.42 Å². The maximum Gasteiger partial charge on any atom is 0.0612 e. The summed E-state index contributed by atoms with van der Waals surface area (Å²) in [6, 6.07) is 0. The molecule has 0 saturated heterocycles. The molecule has 0 amide bonds. The molecule has 0 aromatic rings. The van der Waals surface area contributed by atoms with Gasteiger partial charge in [0.15, 0.2) is 0 Å². The van der Waals surface area contributed by atoms with E-state index < -0.39 is 0 Å². The van der Waals surface area contributed by atoms with Gasteiger partial charge in [-0.1, -0.05) is 26.0 Å². The molecule has 0 aromatic carbocycles. The molecule has 13 heavy (non-hydrogen) atoms. The number of aliphatic hydroxyl groups is 1. The van der Waals surface area contributed by atoms with E-state index in [-0.39, 0.29) is 6.61 Å². The molecule has 78 valence electrons. The van der Waals surface area contributed by atoms with Crippen LogP contribution in [-0.2, 0) is 4.74 Å². The molecule has 1 unspecified atom stereocenters. The molecule has 2 heteroatoms. The van der Waals surface area contributed by atoms with Crippen molar-refractivity contribution in [2.45, 2.75) is 39.2 Å². The molecule has 0 radical (unpaired) electrons. The van der Waals surface area contributed by atoms with E-state index in [4.69, 9.17) is 9.84 Å². The van der Waals surface area contributed by atoms with Gasteiger partial charge in [0, 0.05) is 7.11 Å². The lowest BCUT2D eigenvalue weighted by atomic mass is 10.0. The number of aliphatic hydroxyl groups excluding tert-OH is 1. The molecule has 0 spiro atoms. The Balaban J connectivity index is 3.56. The molecule has 0 aliphatic heterocycles. The van der Waals surface area contributed by atoms with E-state index in [2.05, 4.69) is 13.8 Å². The zero-order chi connectivity index (χ0) is 10.1. The monoisotopic (exact) mass is 186 g/mol. The Morgan fingerprint density at radius 1 is 1.23 bits per heavy atom. The molecular formula is C11H22O2. The molecule has 0 rings (SSSR count). The van der Waals surface area contributed by atoms with Crippen LogP contribution in [0.4, 0.5) is 0 Å². The van der Waals surface area contributed by atoms with Crippen molar-refractivity contribution in [1.29, 1.82) is 0 Å².